The van der Waals surface area contributed by atoms with Crippen LogP contribution in [0.2, 0.25) is 0 Å². The molecule has 32 heavy (non-hydrogen) atoms. The van der Waals surface area contributed by atoms with Gasteiger partial charge < -0.3 is 10.4 Å². The smallest absolute Gasteiger partial charge is 0.303 e. The van der Waals surface area contributed by atoms with Crippen molar-refractivity contribution in [2.24, 2.45) is 0 Å². The highest BCUT2D eigenvalue weighted by atomic mass is 16.4. The van der Waals surface area contributed by atoms with E-state index in [-0.39, 0.29) is 24.5 Å². The van der Waals surface area contributed by atoms with E-state index in [1.54, 1.807) is 6.20 Å². The molecule has 1 aromatic carbocycles. The number of Topliss-reactive ketones (excluding diaryl/α,β-unsaturated/α-hetero) is 1. The molecule has 2 aromatic heterocycles. The number of aliphatic carboxylic acids is 1. The van der Waals surface area contributed by atoms with Crippen molar-refractivity contribution in [1.82, 2.24) is 9.97 Å². The number of para-hydroxylation sites is 1. The Morgan fingerprint density at radius 1 is 1.09 bits per heavy atom. The van der Waals surface area contributed by atoms with Gasteiger partial charge in [0.2, 0.25) is 0 Å². The SMILES string of the molecule is O=C(O)C[C@@H](CC(=O)CCCCc1ccc2c(n1)NCCC2)c1cnc2ccccc2c1. The van der Waals surface area contributed by atoms with Crippen LogP contribution in [0.4, 0.5) is 5.82 Å². The van der Waals surface area contributed by atoms with Crippen molar-refractivity contribution in [3.05, 3.63) is 65.5 Å². The van der Waals surface area contributed by atoms with E-state index in [9.17, 15) is 14.7 Å². The summed E-state index contributed by atoms with van der Waals surface area (Å²) in [4.78, 5) is 33.2. The number of anilines is 1. The Morgan fingerprint density at radius 2 is 1.97 bits per heavy atom. The quantitative estimate of drug-likeness (QED) is 0.443. The Bertz CT molecular complexity index is 1110. The van der Waals surface area contributed by atoms with Gasteiger partial charge in [-0.2, -0.15) is 0 Å². The molecule has 1 atom stereocenters. The summed E-state index contributed by atoms with van der Waals surface area (Å²) >= 11 is 0. The molecule has 6 nitrogen and oxygen atoms in total. The van der Waals surface area contributed by atoms with Gasteiger partial charge in [0.25, 0.3) is 0 Å². The predicted octanol–water partition coefficient (Wildman–Crippen LogP) is 4.92. The minimum atomic E-state index is -0.900. The van der Waals surface area contributed by atoms with Crippen LogP contribution in [0.25, 0.3) is 10.9 Å². The average molecular weight is 432 g/mol. The molecule has 166 valence electrons. The van der Waals surface area contributed by atoms with E-state index in [2.05, 4.69) is 22.4 Å². The molecular weight excluding hydrogens is 402 g/mol. The highest BCUT2D eigenvalue weighted by Gasteiger charge is 2.20. The van der Waals surface area contributed by atoms with Gasteiger partial charge in [-0.25, -0.2) is 4.98 Å². The highest BCUT2D eigenvalue weighted by Crippen LogP contribution is 2.27. The number of carboxylic acids is 1. The summed E-state index contributed by atoms with van der Waals surface area (Å²) in [6, 6.07) is 13.9. The molecule has 0 radical (unpaired) electrons. The molecule has 0 bridgehead atoms. The van der Waals surface area contributed by atoms with E-state index in [1.165, 1.54) is 5.56 Å². The van der Waals surface area contributed by atoms with Crippen molar-refractivity contribution < 1.29 is 14.7 Å². The first kappa shape index (κ1) is 21.9. The third-order valence-corrected chi connectivity index (χ3v) is 6.07. The monoisotopic (exact) mass is 431 g/mol. The van der Waals surface area contributed by atoms with Crippen LogP contribution in [-0.4, -0.2) is 33.4 Å². The lowest BCUT2D eigenvalue weighted by Gasteiger charge is -2.17. The molecule has 0 amide bonds. The fraction of sp³-hybridized carbons (Fsp3) is 0.385. The average Bonchev–Trinajstić information content (AvgIpc) is 2.80. The Balaban J connectivity index is 1.30. The topological polar surface area (TPSA) is 92.2 Å². The van der Waals surface area contributed by atoms with Gasteiger partial charge in [0.15, 0.2) is 0 Å². The van der Waals surface area contributed by atoms with E-state index >= 15 is 0 Å². The van der Waals surface area contributed by atoms with Crippen LogP contribution < -0.4 is 5.32 Å². The first-order valence-corrected chi connectivity index (χ1v) is 11.4. The summed E-state index contributed by atoms with van der Waals surface area (Å²) in [6.07, 6.45) is 7.06. The minimum Gasteiger partial charge on any atom is -0.481 e. The summed E-state index contributed by atoms with van der Waals surface area (Å²) in [5.41, 5.74) is 4.01. The number of carbonyl (C=O) groups is 2. The molecule has 2 N–H and O–H groups in total. The first-order chi connectivity index (χ1) is 15.6. The summed E-state index contributed by atoms with van der Waals surface area (Å²) < 4.78 is 0. The Kier molecular flexibility index (Phi) is 7.10. The highest BCUT2D eigenvalue weighted by molar-refractivity contribution is 5.82. The normalized spacial score (nSPS) is 13.9. The number of hydrogen-bond acceptors (Lipinski definition) is 5. The number of pyridine rings is 2. The van der Waals surface area contributed by atoms with Crippen LogP contribution in [0.3, 0.4) is 0 Å². The first-order valence-electron chi connectivity index (χ1n) is 11.4. The van der Waals surface area contributed by atoms with Crippen LogP contribution in [0.15, 0.2) is 48.7 Å². The molecule has 4 rings (SSSR count). The van der Waals surface area contributed by atoms with Crippen molar-refractivity contribution in [2.75, 3.05) is 11.9 Å². The molecule has 3 aromatic rings. The number of unbranched alkanes of at least 4 members (excludes halogenated alkanes) is 1. The summed E-state index contributed by atoms with van der Waals surface area (Å²) in [5, 5.41) is 13.7. The van der Waals surface area contributed by atoms with Gasteiger partial charge in [-0.1, -0.05) is 24.3 Å². The number of aryl methyl sites for hydroxylation is 2. The van der Waals surface area contributed by atoms with Crippen LogP contribution >= 0.6 is 0 Å². The molecule has 0 saturated heterocycles. The zero-order valence-electron chi connectivity index (χ0n) is 18.2. The second-order valence-corrected chi connectivity index (χ2v) is 8.55. The number of hydrogen-bond donors (Lipinski definition) is 2. The van der Waals surface area contributed by atoms with Crippen molar-refractivity contribution >= 4 is 28.5 Å². The van der Waals surface area contributed by atoms with E-state index in [4.69, 9.17) is 4.98 Å². The minimum absolute atomic E-state index is 0.0716. The largest absolute Gasteiger partial charge is 0.481 e. The lowest BCUT2D eigenvalue weighted by molar-refractivity contribution is -0.137. The maximum atomic E-state index is 12.6. The maximum Gasteiger partial charge on any atom is 0.303 e. The van der Waals surface area contributed by atoms with Crippen molar-refractivity contribution in [3.8, 4) is 0 Å². The van der Waals surface area contributed by atoms with Gasteiger partial charge in [-0.15, -0.1) is 0 Å². The summed E-state index contributed by atoms with van der Waals surface area (Å²) in [5.74, 6) is -0.150. The molecule has 0 unspecified atom stereocenters. The Labute approximate surface area is 188 Å². The number of carboxylic acid groups (broad SMARTS) is 1. The lowest BCUT2D eigenvalue weighted by atomic mass is 9.89. The van der Waals surface area contributed by atoms with Crippen LogP contribution in [-0.2, 0) is 22.4 Å². The maximum absolute atomic E-state index is 12.6. The third kappa shape index (κ3) is 5.69. The fourth-order valence-corrected chi connectivity index (χ4v) is 4.34. The van der Waals surface area contributed by atoms with E-state index < -0.39 is 5.97 Å². The van der Waals surface area contributed by atoms with E-state index in [0.29, 0.717) is 6.42 Å². The van der Waals surface area contributed by atoms with Gasteiger partial charge in [0.05, 0.1) is 11.9 Å². The number of carbonyl (C=O) groups excluding carboxylic acids is 1. The van der Waals surface area contributed by atoms with Crippen LogP contribution in [0.5, 0.6) is 0 Å². The van der Waals surface area contributed by atoms with Crippen molar-refractivity contribution in [2.45, 2.75) is 57.3 Å². The number of aromatic nitrogens is 2. The second-order valence-electron chi connectivity index (χ2n) is 8.55. The number of ketones is 1. The fourth-order valence-electron chi connectivity index (χ4n) is 4.34. The third-order valence-electron chi connectivity index (χ3n) is 6.07. The van der Waals surface area contributed by atoms with Gasteiger partial charge in [-0.3, -0.25) is 14.6 Å². The molecule has 0 spiro atoms. The molecule has 0 fully saturated rings. The van der Waals surface area contributed by atoms with Crippen LogP contribution in [0.1, 0.15) is 61.3 Å². The Morgan fingerprint density at radius 3 is 2.84 bits per heavy atom. The van der Waals surface area contributed by atoms with Gasteiger partial charge in [0.1, 0.15) is 11.6 Å². The number of nitrogens with zero attached hydrogens (tertiary/aromatic N) is 2. The lowest BCUT2D eigenvalue weighted by Crippen LogP contribution is -2.14. The number of benzene rings is 1. The van der Waals surface area contributed by atoms with E-state index in [0.717, 1.165) is 66.6 Å². The van der Waals surface area contributed by atoms with E-state index in [1.807, 2.05) is 30.3 Å². The molecule has 0 saturated carbocycles. The molecule has 1 aliphatic heterocycles. The Hall–Kier alpha value is -3.28. The summed E-state index contributed by atoms with van der Waals surface area (Å²) in [6.45, 7) is 0.974. The predicted molar refractivity (Wildman–Crippen MR) is 125 cm³/mol. The molecule has 0 aliphatic carbocycles. The van der Waals surface area contributed by atoms with Gasteiger partial charge in [-0.05, 0) is 61.4 Å². The summed E-state index contributed by atoms with van der Waals surface area (Å²) in [7, 11) is 0. The number of fused-ring (bicyclic) bond motifs is 2. The number of nitrogens with one attached hydrogen (secondary N) is 1. The van der Waals surface area contributed by atoms with Gasteiger partial charge in [0, 0.05) is 42.6 Å². The zero-order valence-corrected chi connectivity index (χ0v) is 18.2. The number of rotatable bonds is 10. The molecule has 1 aliphatic rings. The van der Waals surface area contributed by atoms with Crippen LogP contribution in [0, 0.1) is 0 Å². The van der Waals surface area contributed by atoms with Crippen molar-refractivity contribution in [3.63, 3.8) is 0 Å². The molecule has 6 heteroatoms. The van der Waals surface area contributed by atoms with Crippen molar-refractivity contribution in [1.29, 1.82) is 0 Å². The molecular formula is C26H29N3O3. The van der Waals surface area contributed by atoms with Gasteiger partial charge >= 0.3 is 5.97 Å². The molecule has 3 heterocycles. The second kappa shape index (κ2) is 10.4. The zero-order chi connectivity index (χ0) is 22.3. The standard InChI is InChI=1S/C26H29N3O3/c30-23(9-3-2-8-22-12-11-18-7-5-13-27-26(18)29-22)15-20(16-25(31)32)21-14-19-6-1-4-10-24(19)28-17-21/h1,4,6,10-12,14,17,20H,2-3,5,7-9,13,15-16H2,(H,27,29)(H,31,32)/t20-/m1/s1.